The number of rotatable bonds is 3. The molecule has 100 valence electrons. The van der Waals surface area contributed by atoms with Gasteiger partial charge in [0.25, 0.3) is 0 Å². The summed E-state index contributed by atoms with van der Waals surface area (Å²) in [5.41, 5.74) is 8.36. The van der Waals surface area contributed by atoms with Crippen LogP contribution in [0, 0.1) is 0 Å². The van der Waals surface area contributed by atoms with E-state index in [-0.39, 0.29) is 0 Å². The molecule has 0 fully saturated rings. The van der Waals surface area contributed by atoms with Gasteiger partial charge in [-0.05, 0) is 40.2 Å². The molecule has 5 heteroatoms. The molecule has 3 nitrogen and oxygen atoms in total. The molecule has 0 aliphatic carbocycles. The number of benzene rings is 2. The smallest absolute Gasteiger partial charge is 0.144 e. The van der Waals surface area contributed by atoms with Gasteiger partial charge in [-0.3, -0.25) is 0 Å². The lowest BCUT2D eigenvalue weighted by Gasteiger charge is -2.15. The van der Waals surface area contributed by atoms with Crippen LogP contribution in [0.2, 0.25) is 5.02 Å². The number of methoxy groups -OCH3 is 2. The molecule has 0 bridgehead atoms. The lowest BCUT2D eigenvalue weighted by Crippen LogP contribution is -1.95. The van der Waals surface area contributed by atoms with Crippen molar-refractivity contribution in [3.63, 3.8) is 0 Å². The second kappa shape index (κ2) is 5.72. The van der Waals surface area contributed by atoms with Gasteiger partial charge in [0.05, 0.1) is 14.2 Å². The Kier molecular flexibility index (Phi) is 4.22. The molecular weight excluding hydrogens is 330 g/mol. The molecule has 0 saturated heterocycles. The van der Waals surface area contributed by atoms with Gasteiger partial charge < -0.3 is 15.2 Å². The lowest BCUT2D eigenvalue weighted by atomic mass is 10.0. The molecule has 0 radical (unpaired) electrons. The Bertz CT molecular complexity index is 617. The molecule has 0 aromatic heterocycles. The van der Waals surface area contributed by atoms with Crippen LogP contribution < -0.4 is 15.2 Å². The van der Waals surface area contributed by atoms with E-state index in [1.54, 1.807) is 26.4 Å². The quantitative estimate of drug-likeness (QED) is 0.842. The van der Waals surface area contributed by atoms with Gasteiger partial charge in [0.1, 0.15) is 16.0 Å². The summed E-state index contributed by atoms with van der Waals surface area (Å²) in [6.45, 7) is 0. The topological polar surface area (TPSA) is 44.5 Å². The van der Waals surface area contributed by atoms with Crippen LogP contribution in [0.1, 0.15) is 0 Å². The van der Waals surface area contributed by atoms with E-state index in [0.29, 0.717) is 22.2 Å². The Morgan fingerprint density at radius 2 is 1.74 bits per heavy atom. The summed E-state index contributed by atoms with van der Waals surface area (Å²) in [5, 5.41) is 0.604. The van der Waals surface area contributed by atoms with E-state index in [4.69, 9.17) is 26.8 Å². The van der Waals surface area contributed by atoms with Crippen molar-refractivity contribution < 1.29 is 9.47 Å². The van der Waals surface area contributed by atoms with Crippen molar-refractivity contribution >= 4 is 33.2 Å². The highest BCUT2D eigenvalue weighted by molar-refractivity contribution is 9.10. The molecule has 2 rings (SSSR count). The molecule has 2 aromatic rings. The van der Waals surface area contributed by atoms with Crippen molar-refractivity contribution in [3.05, 3.63) is 39.8 Å². The van der Waals surface area contributed by atoms with Crippen LogP contribution in [0.5, 0.6) is 11.5 Å². The Morgan fingerprint density at radius 1 is 1.05 bits per heavy atom. The lowest BCUT2D eigenvalue weighted by molar-refractivity contribution is 0.390. The number of hydrogen-bond acceptors (Lipinski definition) is 3. The average Bonchev–Trinajstić information content (AvgIpc) is 2.38. The molecule has 0 heterocycles. The van der Waals surface area contributed by atoms with Crippen LogP contribution in [0.15, 0.2) is 34.8 Å². The number of halogens is 2. The van der Waals surface area contributed by atoms with Gasteiger partial charge >= 0.3 is 0 Å². The molecule has 2 aromatic carbocycles. The maximum atomic E-state index is 6.01. The van der Waals surface area contributed by atoms with Gasteiger partial charge in [0.15, 0.2) is 0 Å². The molecule has 0 saturated carbocycles. The highest BCUT2D eigenvalue weighted by atomic mass is 79.9. The van der Waals surface area contributed by atoms with Crippen LogP contribution in [-0.4, -0.2) is 14.2 Å². The molecule has 2 N–H and O–H groups in total. The van der Waals surface area contributed by atoms with E-state index in [9.17, 15) is 0 Å². The van der Waals surface area contributed by atoms with E-state index < -0.39 is 0 Å². The Hall–Kier alpha value is -1.39. The second-order valence-electron chi connectivity index (χ2n) is 3.89. The van der Waals surface area contributed by atoms with Gasteiger partial charge in [0.2, 0.25) is 0 Å². The molecule has 0 spiro atoms. The zero-order valence-corrected chi connectivity index (χ0v) is 12.9. The summed E-state index contributed by atoms with van der Waals surface area (Å²) in [7, 11) is 3.21. The first-order chi connectivity index (χ1) is 9.08. The van der Waals surface area contributed by atoms with E-state index in [1.165, 1.54) is 0 Å². The van der Waals surface area contributed by atoms with Gasteiger partial charge in [-0.1, -0.05) is 17.7 Å². The minimum atomic E-state index is 0.600. The first-order valence-electron chi connectivity index (χ1n) is 5.54. The van der Waals surface area contributed by atoms with Gasteiger partial charge in [-0.15, -0.1) is 0 Å². The molecule has 0 amide bonds. The summed E-state index contributed by atoms with van der Waals surface area (Å²) >= 11 is 9.39. The fraction of sp³-hybridized carbons (Fsp3) is 0.143. The Morgan fingerprint density at radius 3 is 2.32 bits per heavy atom. The average molecular weight is 343 g/mol. The summed E-state index contributed by atoms with van der Waals surface area (Å²) in [4.78, 5) is 0. The van der Waals surface area contributed by atoms with Crippen molar-refractivity contribution in [2.75, 3.05) is 20.0 Å². The predicted octanol–water partition coefficient (Wildman–Crippen LogP) is 4.37. The van der Waals surface area contributed by atoms with Crippen molar-refractivity contribution in [1.29, 1.82) is 0 Å². The third-order valence-corrected chi connectivity index (χ3v) is 3.78. The first kappa shape index (κ1) is 14.0. The summed E-state index contributed by atoms with van der Waals surface area (Å²) in [6, 6.07) is 9.14. The van der Waals surface area contributed by atoms with Crippen LogP contribution in [0.4, 0.5) is 5.69 Å². The van der Waals surface area contributed by atoms with Gasteiger partial charge in [-0.2, -0.15) is 0 Å². The minimum Gasteiger partial charge on any atom is -0.495 e. The molecule has 0 atom stereocenters. The van der Waals surface area contributed by atoms with E-state index in [0.717, 1.165) is 15.6 Å². The fourth-order valence-electron chi connectivity index (χ4n) is 1.89. The van der Waals surface area contributed by atoms with Gasteiger partial charge in [-0.25, -0.2) is 0 Å². The number of hydrogen-bond donors (Lipinski definition) is 1. The van der Waals surface area contributed by atoms with Gasteiger partial charge in [0, 0.05) is 21.8 Å². The van der Waals surface area contributed by atoms with E-state index in [2.05, 4.69) is 15.9 Å². The van der Waals surface area contributed by atoms with Crippen molar-refractivity contribution in [2.45, 2.75) is 0 Å². The van der Waals surface area contributed by atoms with Crippen LogP contribution in [0.25, 0.3) is 11.1 Å². The van der Waals surface area contributed by atoms with Crippen LogP contribution in [-0.2, 0) is 0 Å². The number of anilines is 1. The highest BCUT2D eigenvalue weighted by Gasteiger charge is 2.15. The summed E-state index contributed by atoms with van der Waals surface area (Å²) in [5.74, 6) is 1.38. The summed E-state index contributed by atoms with van der Waals surface area (Å²) in [6.07, 6.45) is 0. The van der Waals surface area contributed by atoms with Crippen molar-refractivity contribution in [3.8, 4) is 22.6 Å². The van der Waals surface area contributed by atoms with E-state index >= 15 is 0 Å². The predicted molar refractivity (Wildman–Crippen MR) is 82.1 cm³/mol. The molecular formula is C14H13BrClNO2. The normalized spacial score (nSPS) is 10.3. The van der Waals surface area contributed by atoms with Crippen molar-refractivity contribution in [1.82, 2.24) is 0 Å². The van der Waals surface area contributed by atoms with E-state index in [1.807, 2.05) is 18.2 Å². The number of ether oxygens (including phenoxy) is 2. The SMILES string of the molecule is COc1ccc(-c2ccc(Cl)cc2N)c(OC)c1Br. The van der Waals surface area contributed by atoms with Crippen LogP contribution >= 0.6 is 27.5 Å². The molecule has 0 unspecified atom stereocenters. The molecule has 0 aliphatic heterocycles. The van der Waals surface area contributed by atoms with Crippen LogP contribution in [0.3, 0.4) is 0 Å². The maximum absolute atomic E-state index is 6.01. The zero-order valence-electron chi connectivity index (χ0n) is 10.5. The number of nitrogens with two attached hydrogens (primary N) is 1. The number of nitrogen functional groups attached to an aromatic ring is 1. The molecule has 0 aliphatic rings. The monoisotopic (exact) mass is 341 g/mol. The largest absolute Gasteiger partial charge is 0.495 e. The third kappa shape index (κ3) is 2.65. The fourth-order valence-corrected chi connectivity index (χ4v) is 2.74. The first-order valence-corrected chi connectivity index (χ1v) is 6.71. The minimum absolute atomic E-state index is 0.600. The maximum Gasteiger partial charge on any atom is 0.144 e. The Balaban J connectivity index is 2.65. The second-order valence-corrected chi connectivity index (χ2v) is 5.12. The highest BCUT2D eigenvalue weighted by Crippen LogP contribution is 2.43. The molecule has 19 heavy (non-hydrogen) atoms. The standard InChI is InChI=1S/C14H13BrClNO2/c1-18-12-6-5-10(14(19-2)13(12)15)9-4-3-8(16)7-11(9)17/h3-7H,17H2,1-2H3. The third-order valence-electron chi connectivity index (χ3n) is 2.79. The Labute approximate surface area is 125 Å². The van der Waals surface area contributed by atoms with Crippen molar-refractivity contribution in [2.24, 2.45) is 0 Å². The summed E-state index contributed by atoms with van der Waals surface area (Å²) < 4.78 is 11.4. The zero-order chi connectivity index (χ0) is 14.0.